The lowest BCUT2D eigenvalue weighted by Crippen LogP contribution is -2.73. The first-order valence-electron chi connectivity index (χ1n) is 12.5. The summed E-state index contributed by atoms with van der Waals surface area (Å²) in [5, 5.41) is 10.1. The Hall–Kier alpha value is -3.19. The number of aliphatic hydroxyl groups is 1. The quantitative estimate of drug-likeness (QED) is 0.721. The number of aliphatic hydroxyl groups excluding tert-OH is 1. The molecule has 3 fully saturated rings. The summed E-state index contributed by atoms with van der Waals surface area (Å²) in [6.07, 6.45) is 4.01. The van der Waals surface area contributed by atoms with Crippen molar-refractivity contribution in [3.63, 3.8) is 0 Å². The summed E-state index contributed by atoms with van der Waals surface area (Å²) in [6, 6.07) is 15.3. The Bertz CT molecular complexity index is 1120. The fourth-order valence-electron chi connectivity index (χ4n) is 6.09. The number of fused-ring (bicyclic) bond motifs is 1. The topological polar surface area (TPSA) is 81.2 Å². The Morgan fingerprint density at radius 3 is 2.40 bits per heavy atom. The van der Waals surface area contributed by atoms with E-state index >= 15 is 0 Å². The smallest absolute Gasteiger partial charge is 0.253 e. The van der Waals surface area contributed by atoms with Crippen LogP contribution in [0, 0.1) is 5.92 Å². The van der Waals surface area contributed by atoms with E-state index in [-0.39, 0.29) is 54.8 Å². The normalized spacial score (nSPS) is 24.2. The van der Waals surface area contributed by atoms with Crippen molar-refractivity contribution in [3.8, 4) is 11.1 Å². The molecular formula is C28H33N3O4. The van der Waals surface area contributed by atoms with E-state index in [0.717, 1.165) is 42.4 Å². The van der Waals surface area contributed by atoms with Crippen LogP contribution in [-0.2, 0) is 9.59 Å². The standard InChI is InChI=1S/C28H33N3O4/c1-29(2)27(34)22-9-5-8-21(14-22)18-10-12-19(13-11-18)26-23-15-30(28(35)20-6-3-4-7-20)16-25(33)31(23)24(26)17-32/h5,8-14,20,23-24,26,32H,3-4,6-7,15-17H2,1-2H3/t23-,24+,26-/m0/s1. The maximum atomic E-state index is 13.0. The molecule has 35 heavy (non-hydrogen) atoms. The minimum Gasteiger partial charge on any atom is -0.394 e. The van der Waals surface area contributed by atoms with Gasteiger partial charge in [-0.15, -0.1) is 0 Å². The lowest BCUT2D eigenvalue weighted by Gasteiger charge is -2.59. The molecule has 0 aromatic heterocycles. The highest BCUT2D eigenvalue weighted by atomic mass is 16.3. The van der Waals surface area contributed by atoms with Gasteiger partial charge in [0, 0.05) is 38.0 Å². The van der Waals surface area contributed by atoms with E-state index in [0.29, 0.717) is 12.1 Å². The molecule has 1 saturated carbocycles. The Morgan fingerprint density at radius 1 is 1.03 bits per heavy atom. The molecule has 3 atom stereocenters. The molecule has 3 aliphatic rings. The van der Waals surface area contributed by atoms with Crippen LogP contribution in [-0.4, -0.2) is 83.4 Å². The largest absolute Gasteiger partial charge is 0.394 e. The van der Waals surface area contributed by atoms with Crippen molar-refractivity contribution >= 4 is 17.7 Å². The molecule has 1 aliphatic carbocycles. The highest BCUT2D eigenvalue weighted by Crippen LogP contribution is 2.43. The van der Waals surface area contributed by atoms with Crippen LogP contribution in [0.4, 0.5) is 0 Å². The number of carbonyl (C=O) groups is 3. The molecule has 2 aromatic rings. The summed E-state index contributed by atoms with van der Waals surface area (Å²) in [5.41, 5.74) is 3.65. The van der Waals surface area contributed by atoms with E-state index in [9.17, 15) is 19.5 Å². The Kier molecular flexibility index (Phi) is 6.36. The lowest BCUT2D eigenvalue weighted by atomic mass is 9.73. The Labute approximate surface area is 206 Å². The second kappa shape index (κ2) is 9.46. The van der Waals surface area contributed by atoms with E-state index in [1.54, 1.807) is 28.8 Å². The van der Waals surface area contributed by atoms with Crippen LogP contribution in [0.5, 0.6) is 0 Å². The van der Waals surface area contributed by atoms with Gasteiger partial charge in [0.05, 0.1) is 25.2 Å². The zero-order valence-corrected chi connectivity index (χ0v) is 20.4. The maximum absolute atomic E-state index is 13.0. The second-order valence-electron chi connectivity index (χ2n) is 10.2. The average Bonchev–Trinajstić information content (AvgIpc) is 3.40. The number of carbonyl (C=O) groups excluding carboxylic acids is 3. The number of amides is 3. The van der Waals surface area contributed by atoms with Gasteiger partial charge in [0.1, 0.15) is 0 Å². The average molecular weight is 476 g/mol. The second-order valence-corrected chi connectivity index (χ2v) is 10.2. The van der Waals surface area contributed by atoms with E-state index in [4.69, 9.17) is 0 Å². The van der Waals surface area contributed by atoms with Gasteiger partial charge in [-0.1, -0.05) is 49.2 Å². The van der Waals surface area contributed by atoms with Crippen molar-refractivity contribution in [3.05, 3.63) is 59.7 Å². The van der Waals surface area contributed by atoms with Gasteiger partial charge in [0.15, 0.2) is 0 Å². The predicted octanol–water partition coefficient (Wildman–Crippen LogP) is 2.74. The van der Waals surface area contributed by atoms with E-state index in [1.807, 2.05) is 48.5 Å². The van der Waals surface area contributed by atoms with E-state index in [2.05, 4.69) is 0 Å². The maximum Gasteiger partial charge on any atom is 0.253 e. The fraction of sp³-hybridized carbons (Fsp3) is 0.464. The first-order chi connectivity index (χ1) is 16.9. The summed E-state index contributed by atoms with van der Waals surface area (Å²) in [5.74, 6) is 0.0448. The Morgan fingerprint density at radius 2 is 1.74 bits per heavy atom. The predicted molar refractivity (Wildman–Crippen MR) is 133 cm³/mol. The zero-order valence-electron chi connectivity index (χ0n) is 20.4. The van der Waals surface area contributed by atoms with E-state index in [1.165, 1.54) is 0 Å². The van der Waals surface area contributed by atoms with Crippen molar-refractivity contribution in [2.24, 2.45) is 5.92 Å². The third-order valence-electron chi connectivity index (χ3n) is 7.91. The van der Waals surface area contributed by atoms with Gasteiger partial charge in [0.2, 0.25) is 11.8 Å². The summed E-state index contributed by atoms with van der Waals surface area (Å²) in [4.78, 5) is 43.4. The zero-order chi connectivity index (χ0) is 24.7. The van der Waals surface area contributed by atoms with Crippen molar-refractivity contribution in [1.29, 1.82) is 0 Å². The molecular weight excluding hydrogens is 442 g/mol. The molecule has 0 spiro atoms. The molecule has 5 rings (SSSR count). The molecule has 0 bridgehead atoms. The molecule has 3 amide bonds. The van der Waals surface area contributed by atoms with Gasteiger partial charge in [-0.2, -0.15) is 0 Å². The third kappa shape index (κ3) is 4.22. The van der Waals surface area contributed by atoms with Crippen molar-refractivity contribution in [2.45, 2.75) is 43.7 Å². The minimum absolute atomic E-state index is 0.0150. The molecule has 0 radical (unpaired) electrons. The molecule has 7 nitrogen and oxygen atoms in total. The van der Waals surface area contributed by atoms with Gasteiger partial charge in [-0.05, 0) is 41.7 Å². The number of hydrogen-bond donors (Lipinski definition) is 1. The van der Waals surface area contributed by atoms with Crippen LogP contribution in [0.15, 0.2) is 48.5 Å². The van der Waals surface area contributed by atoms with E-state index < -0.39 is 0 Å². The van der Waals surface area contributed by atoms with Gasteiger partial charge in [-0.25, -0.2) is 0 Å². The molecule has 2 aliphatic heterocycles. The van der Waals surface area contributed by atoms with Gasteiger partial charge < -0.3 is 19.8 Å². The number of piperazine rings is 1. The summed E-state index contributed by atoms with van der Waals surface area (Å²) < 4.78 is 0. The van der Waals surface area contributed by atoms with Crippen molar-refractivity contribution < 1.29 is 19.5 Å². The molecule has 7 heteroatoms. The first kappa shape index (κ1) is 23.5. The van der Waals surface area contributed by atoms with Crippen LogP contribution < -0.4 is 0 Å². The number of rotatable bonds is 5. The Balaban J connectivity index is 1.35. The van der Waals surface area contributed by atoms with Gasteiger partial charge in [0.25, 0.3) is 5.91 Å². The monoisotopic (exact) mass is 475 g/mol. The van der Waals surface area contributed by atoms with Crippen LogP contribution in [0.25, 0.3) is 11.1 Å². The molecule has 2 heterocycles. The molecule has 2 saturated heterocycles. The van der Waals surface area contributed by atoms with Gasteiger partial charge >= 0.3 is 0 Å². The summed E-state index contributed by atoms with van der Waals surface area (Å²) in [6.45, 7) is 0.550. The number of nitrogens with zero attached hydrogens (tertiary/aromatic N) is 3. The highest BCUT2D eigenvalue weighted by Gasteiger charge is 2.54. The van der Waals surface area contributed by atoms with Crippen LogP contribution >= 0.6 is 0 Å². The molecule has 2 aromatic carbocycles. The van der Waals surface area contributed by atoms with Crippen LogP contribution in [0.3, 0.4) is 0 Å². The fourth-order valence-corrected chi connectivity index (χ4v) is 6.09. The summed E-state index contributed by atoms with van der Waals surface area (Å²) in [7, 11) is 3.48. The number of hydrogen-bond acceptors (Lipinski definition) is 4. The number of benzene rings is 2. The van der Waals surface area contributed by atoms with Gasteiger partial charge in [-0.3, -0.25) is 14.4 Å². The van der Waals surface area contributed by atoms with Crippen molar-refractivity contribution in [1.82, 2.24) is 14.7 Å². The molecule has 0 unspecified atom stereocenters. The lowest BCUT2D eigenvalue weighted by molar-refractivity contribution is -0.168. The SMILES string of the molecule is CN(C)C(=O)c1cccc(-c2ccc([C@@H]3[C@@H](CO)N4C(=O)CN(C(=O)C5CCCC5)C[C@@H]34)cc2)c1. The minimum atomic E-state index is -0.261. The highest BCUT2D eigenvalue weighted by molar-refractivity contribution is 5.95. The van der Waals surface area contributed by atoms with Crippen molar-refractivity contribution in [2.75, 3.05) is 33.8 Å². The van der Waals surface area contributed by atoms with Crippen LogP contribution in [0.1, 0.15) is 47.5 Å². The third-order valence-corrected chi connectivity index (χ3v) is 7.91. The summed E-state index contributed by atoms with van der Waals surface area (Å²) >= 11 is 0. The molecule has 1 N–H and O–H groups in total. The first-order valence-corrected chi connectivity index (χ1v) is 12.5. The molecule has 184 valence electrons. The van der Waals surface area contributed by atoms with Crippen LogP contribution in [0.2, 0.25) is 0 Å².